The number of thioether (sulfide) groups is 1. The number of carbonyl (C=O) groups is 2. The van der Waals surface area contributed by atoms with Crippen molar-refractivity contribution in [2.24, 2.45) is 0 Å². The number of fused-ring (bicyclic) bond motifs is 1. The zero-order valence-corrected chi connectivity index (χ0v) is 22.3. The second kappa shape index (κ2) is 11.9. The second-order valence-corrected chi connectivity index (χ2v) is 11.1. The maximum Gasteiger partial charge on any atom is 0.265 e. The van der Waals surface area contributed by atoms with E-state index in [1.54, 1.807) is 0 Å². The molecule has 0 radical (unpaired) electrons. The number of aryl methyl sites for hydroxylation is 1. The fraction of sp³-hybridized carbons (Fsp3) is 0.312. The van der Waals surface area contributed by atoms with Gasteiger partial charge in [-0.15, -0.1) is 0 Å². The van der Waals surface area contributed by atoms with Crippen LogP contribution in [0.2, 0.25) is 0 Å². The van der Waals surface area contributed by atoms with Gasteiger partial charge in [-0.1, -0.05) is 78.0 Å². The number of hydrogen-bond donors (Lipinski definition) is 0. The molecule has 0 atom stereocenters. The molecule has 3 aromatic carbocycles. The molecule has 37 heavy (non-hydrogen) atoms. The van der Waals surface area contributed by atoms with Crippen LogP contribution in [0.1, 0.15) is 59.2 Å². The summed E-state index contributed by atoms with van der Waals surface area (Å²) in [4.78, 5) is 32.9. The third-order valence-corrected chi connectivity index (χ3v) is 8.17. The van der Waals surface area contributed by atoms with Crippen LogP contribution >= 0.6 is 11.8 Å². The lowest BCUT2D eigenvalue weighted by Gasteiger charge is -2.31. The molecule has 0 N–H and O–H groups in total. The smallest absolute Gasteiger partial charge is 0.265 e. The van der Waals surface area contributed by atoms with Crippen molar-refractivity contribution in [3.63, 3.8) is 0 Å². The van der Waals surface area contributed by atoms with Gasteiger partial charge in [0, 0.05) is 16.9 Å². The molecule has 3 aromatic rings. The molecule has 0 unspecified atom stereocenters. The van der Waals surface area contributed by atoms with Crippen LogP contribution in [0.15, 0.2) is 82.6 Å². The minimum atomic E-state index is -0.0296. The molecular weight excluding hydrogens is 476 g/mol. The lowest BCUT2D eigenvalue weighted by Crippen LogP contribution is -2.34. The Labute approximate surface area is 224 Å². The number of unbranched alkanes of at least 4 members (excludes halogenated alkanes) is 1. The Morgan fingerprint density at radius 2 is 1.76 bits per heavy atom. The molecule has 0 bridgehead atoms. The average molecular weight is 511 g/mol. The summed E-state index contributed by atoms with van der Waals surface area (Å²) in [6.07, 6.45) is 7.05. The van der Waals surface area contributed by atoms with Crippen LogP contribution in [0.4, 0.5) is 5.69 Å². The van der Waals surface area contributed by atoms with Gasteiger partial charge in [-0.2, -0.15) is 0 Å². The van der Waals surface area contributed by atoms with Gasteiger partial charge in [0.25, 0.3) is 5.91 Å². The van der Waals surface area contributed by atoms with Gasteiger partial charge in [-0.3, -0.25) is 9.59 Å². The van der Waals surface area contributed by atoms with Crippen LogP contribution < -0.4 is 4.90 Å². The molecule has 0 aliphatic carbocycles. The van der Waals surface area contributed by atoms with E-state index in [0.29, 0.717) is 23.4 Å². The highest BCUT2D eigenvalue weighted by Crippen LogP contribution is 2.43. The molecule has 5 rings (SSSR count). The van der Waals surface area contributed by atoms with E-state index in [2.05, 4.69) is 30.0 Å². The molecule has 190 valence electrons. The number of benzene rings is 3. The Hall–Kier alpha value is -3.15. The summed E-state index contributed by atoms with van der Waals surface area (Å²) in [5.41, 5.74) is 4.75. The lowest BCUT2D eigenvalue weighted by atomic mass is 10.0. The molecule has 2 aliphatic heterocycles. The molecule has 2 aliphatic rings. The van der Waals surface area contributed by atoms with Gasteiger partial charge in [-0.05, 0) is 81.6 Å². The van der Waals surface area contributed by atoms with Gasteiger partial charge < -0.3 is 9.80 Å². The number of ketones is 1. The first-order chi connectivity index (χ1) is 18.1. The Morgan fingerprint density at radius 3 is 2.54 bits per heavy atom. The van der Waals surface area contributed by atoms with Crippen LogP contribution in [0.5, 0.6) is 0 Å². The minimum absolute atomic E-state index is 0.0296. The largest absolute Gasteiger partial charge is 0.303 e. The maximum absolute atomic E-state index is 13.7. The first-order valence-electron chi connectivity index (χ1n) is 13.3. The van der Waals surface area contributed by atoms with Crippen molar-refractivity contribution in [3.8, 4) is 0 Å². The average Bonchev–Trinajstić information content (AvgIpc) is 3.43. The Balaban J connectivity index is 1.38. The van der Waals surface area contributed by atoms with Crippen molar-refractivity contribution < 1.29 is 9.59 Å². The van der Waals surface area contributed by atoms with E-state index in [1.807, 2.05) is 65.6 Å². The van der Waals surface area contributed by atoms with Gasteiger partial charge >= 0.3 is 0 Å². The molecular formula is C32H34N2O2S. The monoisotopic (exact) mass is 510 g/mol. The van der Waals surface area contributed by atoms with E-state index in [-0.39, 0.29) is 11.7 Å². The van der Waals surface area contributed by atoms with Crippen molar-refractivity contribution in [2.45, 2.75) is 50.5 Å². The molecule has 0 aromatic heterocycles. The zero-order chi connectivity index (χ0) is 25.6. The lowest BCUT2D eigenvalue weighted by molar-refractivity contribution is -0.114. The molecule has 0 saturated carbocycles. The topological polar surface area (TPSA) is 40.6 Å². The van der Waals surface area contributed by atoms with E-state index in [9.17, 15) is 9.59 Å². The van der Waals surface area contributed by atoms with Crippen LogP contribution in [-0.2, 0) is 11.3 Å². The highest BCUT2D eigenvalue weighted by Gasteiger charge is 2.30. The summed E-state index contributed by atoms with van der Waals surface area (Å²) in [6.45, 7) is 6.01. The first-order valence-corrected chi connectivity index (χ1v) is 14.1. The summed E-state index contributed by atoms with van der Waals surface area (Å²) in [5, 5.41) is 0. The quantitative estimate of drug-likeness (QED) is 0.175. The number of nitrogens with zero attached hydrogens (tertiary/aromatic N) is 2. The van der Waals surface area contributed by atoms with Gasteiger partial charge in [0.15, 0.2) is 5.78 Å². The molecule has 2 heterocycles. The highest BCUT2D eigenvalue weighted by atomic mass is 32.2. The van der Waals surface area contributed by atoms with Crippen LogP contribution in [0.3, 0.4) is 0 Å². The molecule has 4 nitrogen and oxygen atoms in total. The summed E-state index contributed by atoms with van der Waals surface area (Å²) < 4.78 is 0. The van der Waals surface area contributed by atoms with E-state index < -0.39 is 0 Å². The highest BCUT2D eigenvalue weighted by molar-refractivity contribution is 8.04. The standard InChI is InChI=1S/C32H34N2O2S/c1-24-10-9-13-26(20-24)23-34-28-22-27(29(35)14-5-6-17-33-18-7-8-19-33)15-16-30(28)37-31(32(34)36)21-25-11-3-2-4-12-25/h2-4,9-13,15-16,20-22H,5-8,14,17-19,23H2,1H3/b31-21-. The number of carbonyl (C=O) groups excluding carboxylic acids is 2. The third kappa shape index (κ3) is 6.41. The predicted octanol–water partition coefficient (Wildman–Crippen LogP) is 7.12. The number of hydrogen-bond acceptors (Lipinski definition) is 4. The van der Waals surface area contributed by atoms with Crippen molar-refractivity contribution in [1.29, 1.82) is 0 Å². The van der Waals surface area contributed by atoms with Crippen LogP contribution in [0, 0.1) is 6.92 Å². The predicted molar refractivity (Wildman–Crippen MR) is 153 cm³/mol. The number of likely N-dealkylation sites (tertiary alicyclic amines) is 1. The van der Waals surface area contributed by atoms with Gasteiger partial charge in [0.2, 0.25) is 0 Å². The molecule has 1 amide bonds. The summed E-state index contributed by atoms with van der Waals surface area (Å²) in [5.74, 6) is 0.126. The molecule has 0 spiro atoms. The maximum atomic E-state index is 13.7. The van der Waals surface area contributed by atoms with Crippen LogP contribution in [0.25, 0.3) is 6.08 Å². The van der Waals surface area contributed by atoms with E-state index in [0.717, 1.165) is 46.7 Å². The summed E-state index contributed by atoms with van der Waals surface area (Å²) in [7, 11) is 0. The number of anilines is 1. The van der Waals surface area contributed by atoms with Crippen molar-refractivity contribution in [3.05, 3.63) is 100.0 Å². The fourth-order valence-corrected chi connectivity index (χ4v) is 6.15. The first kappa shape index (κ1) is 25.5. The summed E-state index contributed by atoms with van der Waals surface area (Å²) >= 11 is 1.49. The van der Waals surface area contributed by atoms with E-state index >= 15 is 0 Å². The Bertz CT molecular complexity index is 1300. The molecule has 1 saturated heterocycles. The normalized spacial score (nSPS) is 16.8. The minimum Gasteiger partial charge on any atom is -0.303 e. The van der Waals surface area contributed by atoms with Crippen molar-refractivity contribution in [2.75, 3.05) is 24.5 Å². The SMILES string of the molecule is Cc1cccc(CN2C(=O)/C(=C/c3ccccc3)Sc3ccc(C(=O)CCCCN4CCCC4)cc32)c1. The molecule has 1 fully saturated rings. The number of rotatable bonds is 9. The van der Waals surface area contributed by atoms with E-state index in [4.69, 9.17) is 0 Å². The Morgan fingerprint density at radius 1 is 0.946 bits per heavy atom. The van der Waals surface area contributed by atoms with Crippen molar-refractivity contribution >= 4 is 35.2 Å². The number of amides is 1. The van der Waals surface area contributed by atoms with Crippen molar-refractivity contribution in [1.82, 2.24) is 4.90 Å². The third-order valence-electron chi connectivity index (χ3n) is 7.09. The number of Topliss-reactive ketones (excluding diaryl/α,β-unsaturated/α-hetero) is 1. The molecule has 5 heteroatoms. The van der Waals surface area contributed by atoms with Gasteiger partial charge in [-0.25, -0.2) is 0 Å². The fourth-order valence-electron chi connectivity index (χ4n) is 5.11. The second-order valence-electron chi connectivity index (χ2n) is 10.0. The summed E-state index contributed by atoms with van der Waals surface area (Å²) in [6, 6.07) is 24.1. The Kier molecular flexibility index (Phi) is 8.22. The van der Waals surface area contributed by atoms with E-state index in [1.165, 1.54) is 37.7 Å². The van der Waals surface area contributed by atoms with Crippen LogP contribution in [-0.4, -0.2) is 36.2 Å². The van der Waals surface area contributed by atoms with Gasteiger partial charge in [0.05, 0.1) is 17.1 Å². The van der Waals surface area contributed by atoms with Gasteiger partial charge in [0.1, 0.15) is 0 Å². The zero-order valence-electron chi connectivity index (χ0n) is 21.5.